The number of aromatic nitrogens is 1. The molecule has 1 saturated heterocycles. The summed E-state index contributed by atoms with van der Waals surface area (Å²) in [4.78, 5) is 6.25. The maximum Gasteiger partial charge on any atom is 0.163 e. The van der Waals surface area contributed by atoms with Crippen molar-refractivity contribution in [2.75, 3.05) is 18.0 Å². The number of hydrogen-bond donors (Lipinski definition) is 0. The van der Waals surface area contributed by atoms with Crippen molar-refractivity contribution in [3.63, 3.8) is 0 Å². The largest absolute Gasteiger partial charge is 0.372 e. The lowest BCUT2D eigenvalue weighted by molar-refractivity contribution is -0.00524. The van der Waals surface area contributed by atoms with Gasteiger partial charge in [-0.25, -0.2) is 4.98 Å². The van der Waals surface area contributed by atoms with Gasteiger partial charge in [-0.05, 0) is 26.0 Å². The Hall–Kier alpha value is -1.60. The summed E-state index contributed by atoms with van der Waals surface area (Å²) in [6.07, 6.45) is 2.03. The van der Waals surface area contributed by atoms with Crippen LogP contribution < -0.4 is 4.90 Å². The molecule has 0 radical (unpaired) electrons. The van der Waals surface area contributed by atoms with Crippen LogP contribution in [0.2, 0.25) is 0 Å². The molecule has 0 N–H and O–H groups in total. The van der Waals surface area contributed by atoms with Crippen LogP contribution in [0.15, 0.2) is 18.3 Å². The summed E-state index contributed by atoms with van der Waals surface area (Å²) in [5.41, 5.74) is 1.40. The van der Waals surface area contributed by atoms with Gasteiger partial charge in [0.15, 0.2) is 5.69 Å². The zero-order chi connectivity index (χ0) is 11.5. The Bertz CT molecular complexity index is 403. The zero-order valence-corrected chi connectivity index (χ0v) is 9.55. The van der Waals surface area contributed by atoms with E-state index in [1.165, 1.54) is 0 Å². The minimum absolute atomic E-state index is 0.190. The van der Waals surface area contributed by atoms with Crippen LogP contribution in [-0.4, -0.2) is 30.3 Å². The number of anilines is 1. The van der Waals surface area contributed by atoms with E-state index in [0.717, 1.165) is 18.8 Å². The first-order chi connectivity index (χ1) is 7.70. The number of morpholine rings is 1. The molecule has 1 aromatic heterocycles. The van der Waals surface area contributed by atoms with Crippen LogP contribution in [0.1, 0.15) is 19.5 Å². The normalized spacial score (nSPS) is 25.2. The maximum atomic E-state index is 9.01. The minimum Gasteiger partial charge on any atom is -0.372 e. The molecule has 2 heterocycles. The van der Waals surface area contributed by atoms with E-state index in [-0.39, 0.29) is 12.2 Å². The third-order valence-corrected chi connectivity index (χ3v) is 2.65. The first-order valence-corrected chi connectivity index (χ1v) is 5.46. The van der Waals surface area contributed by atoms with Gasteiger partial charge in [-0.3, -0.25) is 0 Å². The molecule has 1 aromatic rings. The van der Waals surface area contributed by atoms with Crippen LogP contribution in [0.5, 0.6) is 0 Å². The van der Waals surface area contributed by atoms with Crippen molar-refractivity contribution < 1.29 is 4.74 Å². The number of pyridine rings is 1. The van der Waals surface area contributed by atoms with Crippen molar-refractivity contribution in [2.45, 2.75) is 26.1 Å². The molecule has 84 valence electrons. The summed E-state index contributed by atoms with van der Waals surface area (Å²) in [5.74, 6) is 0. The SMILES string of the molecule is C[C@@H]1CN(c2cccnc2C#N)C[C@H](C)O1. The molecule has 4 nitrogen and oxygen atoms in total. The Morgan fingerprint density at radius 2 is 2.12 bits per heavy atom. The van der Waals surface area contributed by atoms with E-state index in [9.17, 15) is 0 Å². The first kappa shape index (κ1) is 10.9. The van der Waals surface area contributed by atoms with E-state index in [1.807, 2.05) is 26.0 Å². The average Bonchev–Trinajstić information content (AvgIpc) is 2.27. The van der Waals surface area contributed by atoms with E-state index in [4.69, 9.17) is 10.00 Å². The summed E-state index contributed by atoms with van der Waals surface area (Å²) in [7, 11) is 0. The number of hydrogen-bond acceptors (Lipinski definition) is 4. The quantitative estimate of drug-likeness (QED) is 0.716. The van der Waals surface area contributed by atoms with Gasteiger partial charge in [0.05, 0.1) is 17.9 Å². The van der Waals surface area contributed by atoms with Crippen LogP contribution in [0.3, 0.4) is 0 Å². The van der Waals surface area contributed by atoms with E-state index < -0.39 is 0 Å². The molecule has 1 fully saturated rings. The Morgan fingerprint density at radius 3 is 2.75 bits per heavy atom. The highest BCUT2D eigenvalue weighted by Gasteiger charge is 2.24. The predicted octanol–water partition coefficient (Wildman–Crippen LogP) is 1.57. The molecule has 1 aliphatic heterocycles. The van der Waals surface area contributed by atoms with E-state index >= 15 is 0 Å². The molecule has 2 rings (SSSR count). The lowest BCUT2D eigenvalue weighted by Crippen LogP contribution is -2.45. The molecule has 0 unspecified atom stereocenters. The second-order valence-corrected chi connectivity index (χ2v) is 4.15. The Morgan fingerprint density at radius 1 is 1.44 bits per heavy atom. The highest BCUT2D eigenvalue weighted by atomic mass is 16.5. The summed E-state index contributed by atoms with van der Waals surface area (Å²) in [5, 5.41) is 9.01. The molecule has 0 aliphatic carbocycles. The van der Waals surface area contributed by atoms with E-state index in [0.29, 0.717) is 5.69 Å². The van der Waals surface area contributed by atoms with Crippen molar-refractivity contribution >= 4 is 5.69 Å². The summed E-state index contributed by atoms with van der Waals surface area (Å²) < 4.78 is 5.67. The van der Waals surface area contributed by atoms with Gasteiger partial charge in [0.2, 0.25) is 0 Å². The fourth-order valence-corrected chi connectivity index (χ4v) is 2.11. The van der Waals surface area contributed by atoms with Crippen molar-refractivity contribution in [3.8, 4) is 6.07 Å². The highest BCUT2D eigenvalue weighted by molar-refractivity contribution is 5.56. The number of nitriles is 1. The van der Waals surface area contributed by atoms with Crippen LogP contribution in [0.25, 0.3) is 0 Å². The Labute approximate surface area is 95.5 Å². The number of ether oxygens (including phenoxy) is 1. The Balaban J connectivity index is 2.26. The summed E-state index contributed by atoms with van der Waals surface area (Å²) >= 11 is 0. The van der Waals surface area contributed by atoms with Crippen LogP contribution in [0.4, 0.5) is 5.69 Å². The van der Waals surface area contributed by atoms with Crippen LogP contribution in [-0.2, 0) is 4.74 Å². The van der Waals surface area contributed by atoms with Gasteiger partial charge in [0.1, 0.15) is 6.07 Å². The summed E-state index contributed by atoms with van der Waals surface area (Å²) in [6, 6.07) is 5.93. The lowest BCUT2D eigenvalue weighted by Gasteiger charge is -2.36. The van der Waals surface area contributed by atoms with Crippen LogP contribution in [0, 0.1) is 11.3 Å². The fourth-order valence-electron chi connectivity index (χ4n) is 2.11. The van der Waals surface area contributed by atoms with Crippen LogP contribution >= 0.6 is 0 Å². The third kappa shape index (κ3) is 2.15. The smallest absolute Gasteiger partial charge is 0.163 e. The van der Waals surface area contributed by atoms with Crippen molar-refractivity contribution in [2.24, 2.45) is 0 Å². The highest BCUT2D eigenvalue weighted by Crippen LogP contribution is 2.22. The van der Waals surface area contributed by atoms with Crippen molar-refractivity contribution in [3.05, 3.63) is 24.0 Å². The molecule has 1 aliphatic rings. The molecule has 0 bridgehead atoms. The minimum atomic E-state index is 0.190. The van der Waals surface area contributed by atoms with E-state index in [1.54, 1.807) is 6.20 Å². The molecule has 16 heavy (non-hydrogen) atoms. The third-order valence-electron chi connectivity index (χ3n) is 2.65. The maximum absolute atomic E-state index is 9.01. The molecule has 0 aromatic carbocycles. The average molecular weight is 217 g/mol. The molecule has 0 spiro atoms. The second-order valence-electron chi connectivity index (χ2n) is 4.15. The van der Waals surface area contributed by atoms with Crippen molar-refractivity contribution in [1.82, 2.24) is 4.98 Å². The van der Waals surface area contributed by atoms with Gasteiger partial charge in [-0.1, -0.05) is 0 Å². The molecule has 4 heteroatoms. The number of nitrogens with zero attached hydrogens (tertiary/aromatic N) is 3. The molecular formula is C12H15N3O. The van der Waals surface area contributed by atoms with Gasteiger partial charge in [-0.2, -0.15) is 5.26 Å². The lowest BCUT2D eigenvalue weighted by atomic mass is 10.2. The standard InChI is InChI=1S/C12H15N3O/c1-9-7-15(8-10(2)16-9)12-4-3-5-14-11(12)6-13/h3-5,9-10H,7-8H2,1-2H3/t9-,10+. The molecule has 0 amide bonds. The van der Waals surface area contributed by atoms with Gasteiger partial charge in [-0.15, -0.1) is 0 Å². The topological polar surface area (TPSA) is 49.2 Å². The van der Waals surface area contributed by atoms with Gasteiger partial charge >= 0.3 is 0 Å². The predicted molar refractivity (Wildman–Crippen MR) is 61.2 cm³/mol. The first-order valence-electron chi connectivity index (χ1n) is 5.46. The van der Waals surface area contributed by atoms with Gasteiger partial charge in [0.25, 0.3) is 0 Å². The summed E-state index contributed by atoms with van der Waals surface area (Å²) in [6.45, 7) is 5.71. The molecule has 0 saturated carbocycles. The Kier molecular flexibility index (Phi) is 3.07. The molecule has 2 atom stereocenters. The van der Waals surface area contributed by atoms with Gasteiger partial charge < -0.3 is 9.64 Å². The fraction of sp³-hybridized carbons (Fsp3) is 0.500. The zero-order valence-electron chi connectivity index (χ0n) is 9.55. The van der Waals surface area contributed by atoms with Gasteiger partial charge in [0, 0.05) is 19.3 Å². The second kappa shape index (κ2) is 4.50. The monoisotopic (exact) mass is 217 g/mol. The number of rotatable bonds is 1. The molecular weight excluding hydrogens is 202 g/mol. The van der Waals surface area contributed by atoms with E-state index in [2.05, 4.69) is 16.0 Å². The van der Waals surface area contributed by atoms with Crippen molar-refractivity contribution in [1.29, 1.82) is 5.26 Å².